The number of hydrogen-bond donors (Lipinski definition) is 0. The molecule has 0 fully saturated rings. The first-order chi connectivity index (χ1) is 8.08. The van der Waals surface area contributed by atoms with Crippen LogP contribution < -0.4 is 0 Å². The molecule has 92 valence electrons. The van der Waals surface area contributed by atoms with Crippen molar-refractivity contribution in [3.63, 3.8) is 0 Å². The molecule has 0 aliphatic carbocycles. The lowest BCUT2D eigenvalue weighted by Crippen LogP contribution is -2.04. The van der Waals surface area contributed by atoms with Crippen molar-refractivity contribution in [2.24, 2.45) is 0 Å². The highest BCUT2D eigenvalue weighted by Gasteiger charge is 2.16. The summed E-state index contributed by atoms with van der Waals surface area (Å²) in [4.78, 5) is 4.67. The van der Waals surface area contributed by atoms with E-state index in [1.807, 2.05) is 4.52 Å². The first-order valence-corrected chi connectivity index (χ1v) is 6.41. The third kappa shape index (κ3) is 1.94. The molecular formula is C14H21N3. The molecule has 0 spiro atoms. The van der Waals surface area contributed by atoms with Gasteiger partial charge in [-0.2, -0.15) is 5.10 Å². The van der Waals surface area contributed by atoms with E-state index in [0.29, 0.717) is 5.92 Å². The van der Waals surface area contributed by atoms with Gasteiger partial charge in [0, 0.05) is 5.56 Å². The smallest absolute Gasteiger partial charge is 0.157 e. The van der Waals surface area contributed by atoms with Crippen LogP contribution in [0, 0.1) is 20.8 Å². The highest BCUT2D eigenvalue weighted by Crippen LogP contribution is 2.27. The predicted octanol–water partition coefficient (Wildman–Crippen LogP) is 3.56. The Morgan fingerprint density at radius 1 is 1.18 bits per heavy atom. The summed E-state index contributed by atoms with van der Waals surface area (Å²) in [7, 11) is 0. The quantitative estimate of drug-likeness (QED) is 0.808. The van der Waals surface area contributed by atoms with Crippen LogP contribution in [0.4, 0.5) is 0 Å². The molecule has 0 radical (unpaired) electrons. The molecule has 0 bridgehead atoms. The molecule has 2 aromatic rings. The average Bonchev–Trinajstić information content (AvgIpc) is 2.58. The second-order valence-corrected chi connectivity index (χ2v) is 4.77. The van der Waals surface area contributed by atoms with Crippen LogP contribution in [0.15, 0.2) is 6.07 Å². The van der Waals surface area contributed by atoms with Gasteiger partial charge in [-0.3, -0.25) is 0 Å². The molecule has 0 aliphatic heterocycles. The van der Waals surface area contributed by atoms with Gasteiger partial charge in [-0.05, 0) is 45.6 Å². The zero-order chi connectivity index (χ0) is 12.6. The topological polar surface area (TPSA) is 30.2 Å². The van der Waals surface area contributed by atoms with E-state index in [1.54, 1.807) is 0 Å². The summed E-state index contributed by atoms with van der Waals surface area (Å²) in [5, 5.41) is 4.56. The summed E-state index contributed by atoms with van der Waals surface area (Å²) in [5.41, 5.74) is 5.68. The highest BCUT2D eigenvalue weighted by molar-refractivity contribution is 5.52. The van der Waals surface area contributed by atoms with E-state index in [2.05, 4.69) is 50.8 Å². The lowest BCUT2D eigenvalue weighted by molar-refractivity contribution is 0.637. The van der Waals surface area contributed by atoms with Crippen LogP contribution in [0.1, 0.15) is 55.3 Å². The van der Waals surface area contributed by atoms with Gasteiger partial charge in [-0.1, -0.05) is 13.8 Å². The third-order valence-electron chi connectivity index (χ3n) is 3.62. The van der Waals surface area contributed by atoms with Crippen molar-refractivity contribution in [2.45, 2.75) is 53.4 Å². The number of rotatable bonds is 3. The molecule has 0 N–H and O–H groups in total. The molecule has 3 nitrogen and oxygen atoms in total. The van der Waals surface area contributed by atoms with E-state index in [9.17, 15) is 0 Å². The van der Waals surface area contributed by atoms with Crippen LogP contribution >= 0.6 is 0 Å². The van der Waals surface area contributed by atoms with E-state index in [4.69, 9.17) is 0 Å². The summed E-state index contributed by atoms with van der Waals surface area (Å²) < 4.78 is 2.00. The Balaban J connectivity index is 2.73. The van der Waals surface area contributed by atoms with Crippen molar-refractivity contribution < 1.29 is 0 Å². The monoisotopic (exact) mass is 231 g/mol. The van der Waals surface area contributed by atoms with E-state index < -0.39 is 0 Å². The van der Waals surface area contributed by atoms with E-state index in [-0.39, 0.29) is 0 Å². The molecular weight excluding hydrogens is 210 g/mol. The van der Waals surface area contributed by atoms with Gasteiger partial charge < -0.3 is 0 Å². The summed E-state index contributed by atoms with van der Waals surface area (Å²) in [6.07, 6.45) is 2.31. The Morgan fingerprint density at radius 3 is 2.41 bits per heavy atom. The number of nitrogens with zero attached hydrogens (tertiary/aromatic N) is 3. The fourth-order valence-electron chi connectivity index (χ4n) is 2.41. The molecule has 0 atom stereocenters. The second kappa shape index (κ2) is 4.47. The molecule has 0 saturated carbocycles. The number of aromatic nitrogens is 3. The van der Waals surface area contributed by atoms with Crippen LogP contribution in [-0.2, 0) is 0 Å². The maximum atomic E-state index is 4.67. The summed E-state index contributed by atoms with van der Waals surface area (Å²) in [6.45, 7) is 10.7. The molecule has 3 heteroatoms. The molecule has 2 heterocycles. The molecule has 0 aromatic carbocycles. The first-order valence-electron chi connectivity index (χ1n) is 6.41. The number of fused-ring (bicyclic) bond motifs is 1. The van der Waals surface area contributed by atoms with Crippen LogP contribution in [0.5, 0.6) is 0 Å². The Kier molecular flexibility index (Phi) is 3.18. The van der Waals surface area contributed by atoms with Crippen LogP contribution in [-0.4, -0.2) is 14.6 Å². The summed E-state index contributed by atoms with van der Waals surface area (Å²) >= 11 is 0. The lowest BCUT2D eigenvalue weighted by atomic mass is 9.95. The van der Waals surface area contributed by atoms with Crippen molar-refractivity contribution in [1.82, 2.24) is 14.6 Å². The molecule has 0 saturated heterocycles. The zero-order valence-corrected chi connectivity index (χ0v) is 11.4. The largest absolute Gasteiger partial charge is 0.232 e. The molecule has 17 heavy (non-hydrogen) atoms. The van der Waals surface area contributed by atoms with Crippen LogP contribution in [0.25, 0.3) is 5.65 Å². The Hall–Kier alpha value is -1.38. The van der Waals surface area contributed by atoms with Gasteiger partial charge in [-0.25, -0.2) is 9.50 Å². The minimum Gasteiger partial charge on any atom is -0.232 e. The van der Waals surface area contributed by atoms with E-state index in [1.165, 1.54) is 5.56 Å². The molecule has 0 amide bonds. The highest BCUT2D eigenvalue weighted by atomic mass is 15.3. The van der Waals surface area contributed by atoms with Gasteiger partial charge in [0.05, 0.1) is 17.1 Å². The minimum absolute atomic E-state index is 0.584. The first kappa shape index (κ1) is 12.1. The minimum atomic E-state index is 0.584. The van der Waals surface area contributed by atoms with Gasteiger partial charge >= 0.3 is 0 Å². The Morgan fingerprint density at radius 2 is 1.82 bits per heavy atom. The standard InChI is InChI=1S/C14H21N3/c1-6-12(7-2)13-8-9(3)16-17-11(5)10(4)15-14(13)17/h8,12H,6-7H2,1-5H3. The number of imidazole rings is 1. The Bertz CT molecular complexity index is 536. The van der Waals surface area contributed by atoms with Gasteiger partial charge in [-0.15, -0.1) is 0 Å². The maximum Gasteiger partial charge on any atom is 0.157 e. The SMILES string of the molecule is CCC(CC)c1cc(C)nn2c(C)c(C)nc12. The molecule has 0 unspecified atom stereocenters. The van der Waals surface area contributed by atoms with Crippen molar-refractivity contribution in [3.05, 3.63) is 28.7 Å². The number of aryl methyl sites for hydroxylation is 3. The van der Waals surface area contributed by atoms with Crippen molar-refractivity contribution in [3.8, 4) is 0 Å². The van der Waals surface area contributed by atoms with Crippen LogP contribution in [0.2, 0.25) is 0 Å². The Labute approximate surface area is 103 Å². The number of hydrogen-bond acceptors (Lipinski definition) is 2. The predicted molar refractivity (Wildman–Crippen MR) is 70.5 cm³/mol. The second-order valence-electron chi connectivity index (χ2n) is 4.77. The van der Waals surface area contributed by atoms with Crippen molar-refractivity contribution in [1.29, 1.82) is 0 Å². The third-order valence-corrected chi connectivity index (χ3v) is 3.62. The van der Waals surface area contributed by atoms with Crippen molar-refractivity contribution in [2.75, 3.05) is 0 Å². The zero-order valence-electron chi connectivity index (χ0n) is 11.4. The summed E-state index contributed by atoms with van der Waals surface area (Å²) in [5.74, 6) is 0.584. The normalized spacial score (nSPS) is 11.6. The average molecular weight is 231 g/mol. The molecule has 2 aromatic heterocycles. The van der Waals surface area contributed by atoms with E-state index >= 15 is 0 Å². The fourth-order valence-corrected chi connectivity index (χ4v) is 2.41. The fraction of sp³-hybridized carbons (Fsp3) is 0.571. The van der Waals surface area contributed by atoms with Crippen LogP contribution in [0.3, 0.4) is 0 Å². The van der Waals surface area contributed by atoms with Gasteiger partial charge in [0.15, 0.2) is 5.65 Å². The van der Waals surface area contributed by atoms with Gasteiger partial charge in [0.25, 0.3) is 0 Å². The maximum absolute atomic E-state index is 4.67. The summed E-state index contributed by atoms with van der Waals surface area (Å²) in [6, 6.07) is 2.19. The molecule has 0 aliphatic rings. The van der Waals surface area contributed by atoms with Gasteiger partial charge in [0.2, 0.25) is 0 Å². The lowest BCUT2D eigenvalue weighted by Gasteiger charge is -2.14. The van der Waals surface area contributed by atoms with Gasteiger partial charge in [0.1, 0.15) is 0 Å². The van der Waals surface area contributed by atoms with Crippen molar-refractivity contribution >= 4 is 5.65 Å². The molecule has 2 rings (SSSR count). The van der Waals surface area contributed by atoms with E-state index in [0.717, 1.165) is 35.6 Å².